The standard InChI is InChI=1S/C34H40N6O6S/c1-20-14-28-31(36-16-20)46-34(10-12-45-13-11-34)19-39(47(28,43)44)18-24-15-23(17-35-22(24)3)29(33(4,5)32(41)42)26-8-9-27-30(21(26)2)37-38-40(27)25-6-7-25/h8-9,14-17,25,29H,6-7,10-13,18-19H2,1-5H3,(H,41,42)/t29-/m0/s1. The Hall–Kier alpha value is -3.94. The van der Waals surface area contributed by atoms with E-state index >= 15 is 0 Å². The van der Waals surface area contributed by atoms with Crippen LogP contribution in [0.4, 0.5) is 0 Å². The van der Waals surface area contributed by atoms with Crippen molar-refractivity contribution in [2.45, 2.75) is 89.3 Å². The molecule has 13 heteroatoms. The van der Waals surface area contributed by atoms with Crippen LogP contribution < -0.4 is 4.74 Å². The van der Waals surface area contributed by atoms with E-state index in [4.69, 9.17) is 14.5 Å². The minimum Gasteiger partial charge on any atom is -0.481 e. The molecule has 0 radical (unpaired) electrons. The van der Waals surface area contributed by atoms with Gasteiger partial charge in [-0.1, -0.05) is 17.3 Å². The van der Waals surface area contributed by atoms with Crippen molar-refractivity contribution in [1.29, 1.82) is 0 Å². The van der Waals surface area contributed by atoms with Gasteiger partial charge in [-0.2, -0.15) is 4.31 Å². The average Bonchev–Trinajstić information content (AvgIpc) is 3.79. The highest BCUT2D eigenvalue weighted by molar-refractivity contribution is 7.89. The molecule has 4 aromatic rings. The molecule has 2 aliphatic heterocycles. The van der Waals surface area contributed by atoms with Gasteiger partial charge in [0.1, 0.15) is 16.0 Å². The highest BCUT2D eigenvalue weighted by Crippen LogP contribution is 2.45. The van der Waals surface area contributed by atoms with Crippen molar-refractivity contribution in [2.75, 3.05) is 19.8 Å². The zero-order chi connectivity index (χ0) is 33.3. The molecule has 1 spiro atoms. The van der Waals surface area contributed by atoms with Gasteiger partial charge in [-0.05, 0) is 87.4 Å². The molecule has 0 amide bonds. The Morgan fingerprint density at radius 1 is 1.11 bits per heavy atom. The zero-order valence-electron chi connectivity index (χ0n) is 27.4. The molecule has 1 saturated carbocycles. The molecule has 1 atom stereocenters. The van der Waals surface area contributed by atoms with E-state index in [1.807, 2.05) is 36.7 Å². The Labute approximate surface area is 274 Å². The van der Waals surface area contributed by atoms with Crippen LogP contribution in [0.5, 0.6) is 5.88 Å². The molecule has 5 heterocycles. The Bertz CT molecular complexity index is 2000. The fourth-order valence-electron chi connectivity index (χ4n) is 6.99. The minimum absolute atomic E-state index is 0.0301. The van der Waals surface area contributed by atoms with Gasteiger partial charge >= 0.3 is 5.97 Å². The zero-order valence-corrected chi connectivity index (χ0v) is 28.2. The molecular formula is C34H40N6O6S. The van der Waals surface area contributed by atoms with Crippen LogP contribution >= 0.6 is 0 Å². The summed E-state index contributed by atoms with van der Waals surface area (Å²) < 4.78 is 44.1. The van der Waals surface area contributed by atoms with Crippen LogP contribution in [0.2, 0.25) is 0 Å². The first-order valence-electron chi connectivity index (χ1n) is 16.1. The number of pyridine rings is 2. The molecule has 0 unspecified atom stereocenters. The number of benzene rings is 1. The largest absolute Gasteiger partial charge is 0.481 e. The second-order valence-electron chi connectivity index (χ2n) is 13.9. The second kappa shape index (κ2) is 11.3. The van der Waals surface area contributed by atoms with E-state index in [-0.39, 0.29) is 23.9 Å². The van der Waals surface area contributed by atoms with Crippen molar-refractivity contribution in [1.82, 2.24) is 29.3 Å². The third-order valence-corrected chi connectivity index (χ3v) is 11.8. The van der Waals surface area contributed by atoms with Crippen molar-refractivity contribution in [2.24, 2.45) is 5.41 Å². The highest BCUT2D eigenvalue weighted by Gasteiger charge is 2.46. The first-order valence-corrected chi connectivity index (χ1v) is 17.5. The Morgan fingerprint density at radius 2 is 1.85 bits per heavy atom. The summed E-state index contributed by atoms with van der Waals surface area (Å²) in [6.45, 7) is 10.1. The molecule has 7 rings (SSSR count). The van der Waals surface area contributed by atoms with Crippen molar-refractivity contribution in [3.8, 4) is 5.88 Å². The molecular weight excluding hydrogens is 620 g/mol. The van der Waals surface area contributed by atoms with Crippen LogP contribution in [0.1, 0.15) is 85.0 Å². The molecule has 12 nitrogen and oxygen atoms in total. The summed E-state index contributed by atoms with van der Waals surface area (Å²) in [5.41, 5.74) is 4.06. The van der Waals surface area contributed by atoms with E-state index in [1.54, 1.807) is 39.2 Å². The van der Waals surface area contributed by atoms with Gasteiger partial charge in [0, 0.05) is 43.4 Å². The Kier molecular flexibility index (Phi) is 7.64. The van der Waals surface area contributed by atoms with Crippen molar-refractivity contribution < 1.29 is 27.8 Å². The first-order chi connectivity index (χ1) is 22.3. The molecule has 47 heavy (non-hydrogen) atoms. The van der Waals surface area contributed by atoms with E-state index < -0.39 is 32.9 Å². The summed E-state index contributed by atoms with van der Waals surface area (Å²) in [6.07, 6.45) is 6.51. The van der Waals surface area contributed by atoms with Crippen molar-refractivity contribution in [3.05, 3.63) is 70.2 Å². The van der Waals surface area contributed by atoms with Crippen LogP contribution in [-0.2, 0) is 26.1 Å². The minimum atomic E-state index is -4.02. The molecule has 3 aromatic heterocycles. The van der Waals surface area contributed by atoms with Crippen LogP contribution in [0.3, 0.4) is 0 Å². The van der Waals surface area contributed by atoms with Gasteiger partial charge in [-0.15, -0.1) is 5.10 Å². The quantitative estimate of drug-likeness (QED) is 0.291. The van der Waals surface area contributed by atoms with Gasteiger partial charge in [0.2, 0.25) is 15.9 Å². The van der Waals surface area contributed by atoms with Gasteiger partial charge in [0.05, 0.1) is 36.7 Å². The highest BCUT2D eigenvalue weighted by atomic mass is 32.2. The van der Waals surface area contributed by atoms with Gasteiger partial charge in [-0.3, -0.25) is 9.78 Å². The average molecular weight is 661 g/mol. The molecule has 1 saturated heterocycles. The molecule has 1 N–H and O–H groups in total. The molecule has 1 aromatic carbocycles. The molecule has 1 aliphatic carbocycles. The predicted molar refractivity (Wildman–Crippen MR) is 173 cm³/mol. The van der Waals surface area contributed by atoms with E-state index in [1.165, 1.54) is 4.31 Å². The predicted octanol–water partition coefficient (Wildman–Crippen LogP) is 4.86. The molecule has 3 aliphatic rings. The maximum absolute atomic E-state index is 14.3. The lowest BCUT2D eigenvalue weighted by Gasteiger charge is -2.38. The summed E-state index contributed by atoms with van der Waals surface area (Å²) >= 11 is 0. The van der Waals surface area contributed by atoms with E-state index in [9.17, 15) is 18.3 Å². The van der Waals surface area contributed by atoms with Crippen molar-refractivity contribution >= 4 is 27.0 Å². The monoisotopic (exact) mass is 660 g/mol. The number of hydrogen-bond donors (Lipinski definition) is 1. The number of aryl methyl sites for hydroxylation is 3. The number of ether oxygens (including phenoxy) is 2. The smallest absolute Gasteiger partial charge is 0.310 e. The number of rotatable bonds is 7. The van der Waals surface area contributed by atoms with Crippen LogP contribution in [-0.4, -0.2) is 74.1 Å². The van der Waals surface area contributed by atoms with E-state index in [0.717, 1.165) is 35.0 Å². The summed E-state index contributed by atoms with van der Waals surface area (Å²) in [4.78, 5) is 22.0. The van der Waals surface area contributed by atoms with Crippen LogP contribution in [0.25, 0.3) is 11.0 Å². The number of nitrogens with zero attached hydrogens (tertiary/aromatic N) is 6. The molecule has 248 valence electrons. The molecule has 2 fully saturated rings. The van der Waals surface area contributed by atoms with Crippen molar-refractivity contribution in [3.63, 3.8) is 0 Å². The summed E-state index contributed by atoms with van der Waals surface area (Å²) in [5, 5.41) is 19.4. The second-order valence-corrected chi connectivity index (χ2v) is 15.8. The number of aliphatic carboxylic acids is 1. The Balaban J connectivity index is 1.32. The number of sulfonamides is 1. The maximum Gasteiger partial charge on any atom is 0.310 e. The lowest BCUT2D eigenvalue weighted by molar-refractivity contribution is -0.147. The maximum atomic E-state index is 14.3. The van der Waals surface area contributed by atoms with Gasteiger partial charge < -0.3 is 14.6 Å². The lowest BCUT2D eigenvalue weighted by Crippen LogP contribution is -2.50. The topological polar surface area (TPSA) is 150 Å². The number of fused-ring (bicyclic) bond motifs is 2. The normalized spacial score (nSPS) is 20.0. The van der Waals surface area contributed by atoms with Gasteiger partial charge in [0.25, 0.3) is 0 Å². The third-order valence-electron chi connectivity index (χ3n) is 10.1. The van der Waals surface area contributed by atoms with Crippen LogP contribution in [0, 0.1) is 26.2 Å². The first kappa shape index (κ1) is 31.6. The SMILES string of the molecule is Cc1cnc2c(c1)S(=O)(=O)N(Cc1cc([C@@H](c3ccc4c(nnn4C4CC4)c3C)C(C)(C)C(=O)O)cnc1C)CC1(CCOCC1)O2. The molecule has 0 bridgehead atoms. The number of hydrogen-bond acceptors (Lipinski definition) is 9. The summed E-state index contributed by atoms with van der Waals surface area (Å²) in [7, 11) is -4.02. The van der Waals surface area contributed by atoms with Crippen LogP contribution in [0.15, 0.2) is 41.6 Å². The fourth-order valence-corrected chi connectivity index (χ4v) is 8.63. The number of aromatic nitrogens is 5. The Morgan fingerprint density at radius 3 is 2.55 bits per heavy atom. The van der Waals surface area contributed by atoms with E-state index in [0.29, 0.717) is 54.5 Å². The van der Waals surface area contributed by atoms with Gasteiger partial charge in [-0.25, -0.2) is 18.1 Å². The fraction of sp³-hybridized carbons (Fsp3) is 0.500. The lowest BCUT2D eigenvalue weighted by atomic mass is 9.70. The number of carboxylic acid groups (broad SMARTS) is 1. The number of carboxylic acids is 1. The summed E-state index contributed by atoms with van der Waals surface area (Å²) in [5.74, 6) is -1.46. The number of carbonyl (C=O) groups is 1. The third kappa shape index (κ3) is 5.47. The van der Waals surface area contributed by atoms with E-state index in [2.05, 4.69) is 15.3 Å². The summed E-state index contributed by atoms with van der Waals surface area (Å²) in [6, 6.07) is 7.83. The van der Waals surface area contributed by atoms with Gasteiger partial charge in [0.15, 0.2) is 0 Å².